The zero-order valence-electron chi connectivity index (χ0n) is 27.8. The van der Waals surface area contributed by atoms with Gasteiger partial charge in [-0.15, -0.1) is 0 Å². The van der Waals surface area contributed by atoms with Crippen LogP contribution in [0.4, 0.5) is 0 Å². The maximum absolute atomic E-state index is 2.54. The van der Waals surface area contributed by atoms with Gasteiger partial charge in [0.2, 0.25) is 0 Å². The van der Waals surface area contributed by atoms with Crippen molar-refractivity contribution < 1.29 is 0 Å². The summed E-state index contributed by atoms with van der Waals surface area (Å²) in [5.74, 6) is 0.238. The van der Waals surface area contributed by atoms with Crippen molar-refractivity contribution in [2.75, 3.05) is 0 Å². The lowest BCUT2D eigenvalue weighted by Crippen LogP contribution is -2.08. The van der Waals surface area contributed by atoms with Crippen LogP contribution in [0.25, 0.3) is 66.5 Å². The molecule has 0 saturated carbocycles. The molecule has 1 nitrogen and oxygen atoms in total. The van der Waals surface area contributed by atoms with Gasteiger partial charge in [-0.05, 0) is 110 Å². The highest BCUT2D eigenvalue weighted by atomic mass is 15.0. The summed E-state index contributed by atoms with van der Waals surface area (Å²) in [6, 6.07) is 64.8. The second kappa shape index (κ2) is 11.8. The van der Waals surface area contributed by atoms with Gasteiger partial charge in [-0.2, -0.15) is 0 Å². The third-order valence-corrected chi connectivity index (χ3v) is 10.9. The molecule has 236 valence electrons. The first kappa shape index (κ1) is 28.8. The molecular weight excluding hydrogens is 603 g/mol. The van der Waals surface area contributed by atoms with E-state index in [4.69, 9.17) is 0 Å². The molecule has 7 aromatic carbocycles. The third-order valence-electron chi connectivity index (χ3n) is 10.9. The molecule has 2 aliphatic carbocycles. The van der Waals surface area contributed by atoms with Crippen LogP contribution in [0.15, 0.2) is 182 Å². The molecule has 1 heteroatoms. The van der Waals surface area contributed by atoms with E-state index in [1.54, 1.807) is 0 Å². The Morgan fingerprint density at radius 3 is 1.84 bits per heavy atom. The molecule has 0 N–H and O–H groups in total. The highest BCUT2D eigenvalue weighted by molar-refractivity contribution is 6.19. The Morgan fingerprint density at radius 2 is 1.10 bits per heavy atom. The first-order valence-electron chi connectivity index (χ1n) is 17.7. The van der Waals surface area contributed by atoms with E-state index < -0.39 is 0 Å². The van der Waals surface area contributed by atoms with Crippen molar-refractivity contribution in [3.8, 4) is 27.9 Å². The van der Waals surface area contributed by atoms with E-state index in [9.17, 15) is 0 Å². The zero-order chi connectivity index (χ0) is 33.0. The maximum atomic E-state index is 2.54. The Kier molecular flexibility index (Phi) is 6.77. The van der Waals surface area contributed by atoms with Gasteiger partial charge in [-0.3, -0.25) is 0 Å². The number of hydrogen-bond donors (Lipinski definition) is 0. The summed E-state index contributed by atoms with van der Waals surface area (Å²) >= 11 is 0. The van der Waals surface area contributed by atoms with Crippen molar-refractivity contribution in [1.82, 2.24) is 4.57 Å². The van der Waals surface area contributed by atoms with Crippen molar-refractivity contribution >= 4 is 38.5 Å². The minimum absolute atomic E-state index is 0.238. The lowest BCUT2D eigenvalue weighted by atomic mass is 9.75. The van der Waals surface area contributed by atoms with Crippen LogP contribution in [0.1, 0.15) is 41.0 Å². The SMILES string of the molecule is C1=C(c2ccccc2)C2CCC(=C1c1ccccc1)c1c(ccc3c1c1ccccc1n3-c1ccccc1)-c1ccc(-c3ccccc3)cc12. The standard InChI is InChI=1S/C49H35N/c1-5-15-33(16-6-1)36-25-26-38-40-29-30-47-49(42-23-13-14-24-46(42)50(47)37-21-11-4-12-22-37)48(40)41-28-27-39(45(38)31-36)43(34-17-7-2-8-18-34)32-44(41)35-19-9-3-10-20-35/h1-26,29-32,39H,27-28H2. The molecule has 0 radical (unpaired) electrons. The largest absolute Gasteiger partial charge is 0.309 e. The van der Waals surface area contributed by atoms with Gasteiger partial charge < -0.3 is 4.57 Å². The van der Waals surface area contributed by atoms with E-state index in [0.717, 1.165) is 12.8 Å². The highest BCUT2D eigenvalue weighted by Crippen LogP contribution is 2.54. The number of hydrogen-bond acceptors (Lipinski definition) is 0. The second-order valence-electron chi connectivity index (χ2n) is 13.6. The predicted molar refractivity (Wildman–Crippen MR) is 211 cm³/mol. The Bertz CT molecular complexity index is 2610. The number of nitrogens with zero attached hydrogens (tertiary/aromatic N) is 1. The zero-order valence-corrected chi connectivity index (χ0v) is 27.8. The lowest BCUT2D eigenvalue weighted by molar-refractivity contribution is 0.777. The molecule has 1 atom stereocenters. The molecule has 2 aliphatic rings. The van der Waals surface area contributed by atoms with Gasteiger partial charge in [0.15, 0.2) is 0 Å². The smallest absolute Gasteiger partial charge is 0.0547 e. The van der Waals surface area contributed by atoms with Gasteiger partial charge in [0.1, 0.15) is 0 Å². The van der Waals surface area contributed by atoms with Crippen LogP contribution in [0.5, 0.6) is 0 Å². The number of fused-ring (bicyclic) bond motifs is 12. The first-order chi connectivity index (χ1) is 24.8. The molecule has 1 aromatic heterocycles. The highest BCUT2D eigenvalue weighted by Gasteiger charge is 2.33. The molecule has 8 aromatic rings. The van der Waals surface area contributed by atoms with Gasteiger partial charge in [-0.25, -0.2) is 0 Å². The summed E-state index contributed by atoms with van der Waals surface area (Å²) in [7, 11) is 0. The van der Waals surface area contributed by atoms with Crippen molar-refractivity contribution in [3.63, 3.8) is 0 Å². The fourth-order valence-corrected chi connectivity index (χ4v) is 8.66. The summed E-state index contributed by atoms with van der Waals surface area (Å²) in [6.07, 6.45) is 4.55. The Balaban J connectivity index is 1.39. The van der Waals surface area contributed by atoms with E-state index in [2.05, 4.69) is 187 Å². The lowest BCUT2D eigenvalue weighted by Gasteiger charge is -2.28. The average molecular weight is 638 g/mol. The van der Waals surface area contributed by atoms with Crippen LogP contribution in [0.2, 0.25) is 0 Å². The summed E-state index contributed by atoms with van der Waals surface area (Å²) in [5, 5.41) is 2.62. The molecule has 1 unspecified atom stereocenters. The van der Waals surface area contributed by atoms with Crippen molar-refractivity contribution in [3.05, 3.63) is 204 Å². The molecule has 0 spiro atoms. The monoisotopic (exact) mass is 637 g/mol. The number of rotatable bonds is 4. The van der Waals surface area contributed by atoms with Gasteiger partial charge in [-0.1, -0.05) is 146 Å². The number of para-hydroxylation sites is 2. The number of aromatic nitrogens is 1. The van der Waals surface area contributed by atoms with E-state index >= 15 is 0 Å². The predicted octanol–water partition coefficient (Wildman–Crippen LogP) is 13.0. The van der Waals surface area contributed by atoms with Gasteiger partial charge in [0.25, 0.3) is 0 Å². The van der Waals surface area contributed by atoms with Crippen LogP contribution in [-0.4, -0.2) is 4.57 Å². The first-order valence-corrected chi connectivity index (χ1v) is 17.7. The van der Waals surface area contributed by atoms with Crippen LogP contribution in [0.3, 0.4) is 0 Å². The van der Waals surface area contributed by atoms with Crippen LogP contribution in [-0.2, 0) is 0 Å². The summed E-state index contributed by atoms with van der Waals surface area (Å²) in [4.78, 5) is 0. The molecule has 0 saturated heterocycles. The Hall–Kier alpha value is -6.18. The van der Waals surface area contributed by atoms with Crippen LogP contribution in [0, 0.1) is 0 Å². The fraction of sp³-hybridized carbons (Fsp3) is 0.0612. The average Bonchev–Trinajstić information content (AvgIpc) is 3.41. The molecule has 50 heavy (non-hydrogen) atoms. The molecule has 0 aliphatic heterocycles. The molecule has 0 fully saturated rings. The molecule has 0 amide bonds. The van der Waals surface area contributed by atoms with Gasteiger partial charge in [0, 0.05) is 22.4 Å². The minimum Gasteiger partial charge on any atom is -0.309 e. The van der Waals surface area contributed by atoms with Gasteiger partial charge in [0.05, 0.1) is 11.0 Å². The molecule has 2 bridgehead atoms. The van der Waals surface area contributed by atoms with Crippen LogP contribution < -0.4 is 0 Å². The molecular formula is C49H35N. The van der Waals surface area contributed by atoms with E-state index in [-0.39, 0.29) is 5.92 Å². The second-order valence-corrected chi connectivity index (χ2v) is 13.6. The summed E-state index contributed by atoms with van der Waals surface area (Å²) in [5.41, 5.74) is 18.3. The number of benzene rings is 7. The summed E-state index contributed by atoms with van der Waals surface area (Å²) in [6.45, 7) is 0. The molecule has 1 heterocycles. The van der Waals surface area contributed by atoms with Crippen molar-refractivity contribution in [2.24, 2.45) is 0 Å². The Morgan fingerprint density at radius 1 is 0.480 bits per heavy atom. The molecule has 10 rings (SSSR count). The van der Waals surface area contributed by atoms with E-state index in [0.29, 0.717) is 0 Å². The van der Waals surface area contributed by atoms with Crippen molar-refractivity contribution in [1.29, 1.82) is 0 Å². The minimum atomic E-state index is 0.238. The maximum Gasteiger partial charge on any atom is 0.0547 e. The topological polar surface area (TPSA) is 4.93 Å². The van der Waals surface area contributed by atoms with Gasteiger partial charge >= 0.3 is 0 Å². The summed E-state index contributed by atoms with van der Waals surface area (Å²) < 4.78 is 2.45. The van der Waals surface area contributed by atoms with Crippen molar-refractivity contribution in [2.45, 2.75) is 18.8 Å². The normalized spacial score (nSPS) is 15.3. The van der Waals surface area contributed by atoms with E-state index in [1.807, 2.05) is 0 Å². The quantitative estimate of drug-likeness (QED) is 0.181. The van der Waals surface area contributed by atoms with E-state index in [1.165, 1.54) is 88.7 Å². The van der Waals surface area contributed by atoms with Crippen LogP contribution >= 0.6 is 0 Å². The number of allylic oxidation sites excluding steroid dienone is 4. The fourth-order valence-electron chi connectivity index (χ4n) is 8.66. The third kappa shape index (κ3) is 4.55. The Labute approximate surface area is 293 Å².